The second kappa shape index (κ2) is 3.73. The van der Waals surface area contributed by atoms with Crippen LogP contribution in [0.1, 0.15) is 25.6 Å². The van der Waals surface area contributed by atoms with Crippen LogP contribution in [-0.4, -0.2) is 20.6 Å². The highest BCUT2D eigenvalue weighted by Crippen LogP contribution is 2.64. The smallest absolute Gasteiger partial charge is 0.307 e. The molecule has 2 unspecified atom stereocenters. The Labute approximate surface area is 116 Å². The van der Waals surface area contributed by atoms with Crippen molar-refractivity contribution in [3.8, 4) is 0 Å². The average Bonchev–Trinajstić information content (AvgIpc) is 2.75. The summed E-state index contributed by atoms with van der Waals surface area (Å²) < 4.78 is 1.95. The van der Waals surface area contributed by atoms with Crippen LogP contribution < -0.4 is 0 Å². The van der Waals surface area contributed by atoms with Crippen molar-refractivity contribution in [2.45, 2.75) is 19.8 Å². The van der Waals surface area contributed by atoms with Gasteiger partial charge in [-0.15, -0.1) is 0 Å². The quantitative estimate of drug-likeness (QED) is 0.918. The summed E-state index contributed by atoms with van der Waals surface area (Å²) in [5, 5.41) is 9.93. The highest BCUT2D eigenvalue weighted by atomic mass is 35.5. The Morgan fingerprint density at radius 1 is 1.47 bits per heavy atom. The molecule has 0 saturated heterocycles. The summed E-state index contributed by atoms with van der Waals surface area (Å²) in [6, 6.07) is 5.53. The van der Waals surface area contributed by atoms with Gasteiger partial charge in [0.05, 0.1) is 17.0 Å². The highest BCUT2D eigenvalue weighted by Gasteiger charge is 2.64. The van der Waals surface area contributed by atoms with Crippen LogP contribution in [0.4, 0.5) is 0 Å². The number of nitrogens with zero attached hydrogens (tertiary/aromatic N) is 2. The molecule has 0 amide bonds. The molecule has 100 valence electrons. The lowest BCUT2D eigenvalue weighted by Gasteiger charge is -2.03. The fourth-order valence-corrected chi connectivity index (χ4v) is 3.21. The van der Waals surface area contributed by atoms with Crippen LogP contribution in [0, 0.1) is 11.3 Å². The Morgan fingerprint density at radius 3 is 2.74 bits per heavy atom. The standard InChI is InChI=1S/C14H15ClN2O2/c1-14(2)10(11(14)13(18)19)12-16-8-5-4-7(15)6-9(8)17(12)3/h4-6,10-11H,1-3H3,(H,18,19). The van der Waals surface area contributed by atoms with E-state index in [-0.39, 0.29) is 17.3 Å². The van der Waals surface area contributed by atoms with Crippen molar-refractivity contribution in [1.29, 1.82) is 0 Å². The van der Waals surface area contributed by atoms with E-state index in [4.69, 9.17) is 11.6 Å². The van der Waals surface area contributed by atoms with Crippen molar-refractivity contribution in [2.75, 3.05) is 0 Å². The van der Waals surface area contributed by atoms with E-state index < -0.39 is 5.97 Å². The van der Waals surface area contributed by atoms with Crippen molar-refractivity contribution in [2.24, 2.45) is 18.4 Å². The maximum atomic E-state index is 11.3. The Balaban J connectivity index is 2.13. The first-order chi connectivity index (χ1) is 8.84. The Morgan fingerprint density at radius 2 is 2.16 bits per heavy atom. The Hall–Kier alpha value is -1.55. The summed E-state index contributed by atoms with van der Waals surface area (Å²) >= 11 is 6.00. The van der Waals surface area contributed by atoms with Gasteiger partial charge in [0, 0.05) is 18.0 Å². The summed E-state index contributed by atoms with van der Waals surface area (Å²) in [5.74, 6) is -0.325. The molecule has 3 rings (SSSR count). The van der Waals surface area contributed by atoms with E-state index in [0.29, 0.717) is 5.02 Å². The number of aliphatic carboxylic acids is 1. The lowest BCUT2D eigenvalue weighted by Crippen LogP contribution is -2.03. The van der Waals surface area contributed by atoms with Gasteiger partial charge >= 0.3 is 5.97 Å². The number of aryl methyl sites for hydroxylation is 1. The van der Waals surface area contributed by atoms with Crippen molar-refractivity contribution < 1.29 is 9.90 Å². The number of carbonyl (C=O) groups is 1. The third-order valence-electron chi connectivity index (χ3n) is 4.25. The zero-order chi connectivity index (χ0) is 13.9. The van der Waals surface area contributed by atoms with Gasteiger partial charge in [-0.3, -0.25) is 4.79 Å². The fourth-order valence-electron chi connectivity index (χ4n) is 3.04. The zero-order valence-corrected chi connectivity index (χ0v) is 11.8. The minimum absolute atomic E-state index is 0.0406. The molecule has 0 radical (unpaired) electrons. The number of imidazole rings is 1. The number of hydrogen-bond acceptors (Lipinski definition) is 2. The summed E-state index contributed by atoms with van der Waals surface area (Å²) in [6.45, 7) is 3.95. The predicted octanol–water partition coefficient (Wildman–Crippen LogP) is 3.05. The maximum absolute atomic E-state index is 11.3. The molecule has 4 nitrogen and oxygen atoms in total. The number of halogens is 1. The maximum Gasteiger partial charge on any atom is 0.307 e. The molecular weight excluding hydrogens is 264 g/mol. The van der Waals surface area contributed by atoms with Gasteiger partial charge < -0.3 is 9.67 Å². The van der Waals surface area contributed by atoms with Gasteiger partial charge in [-0.25, -0.2) is 4.98 Å². The van der Waals surface area contributed by atoms with Gasteiger partial charge in [0.1, 0.15) is 5.82 Å². The van der Waals surface area contributed by atoms with Crippen LogP contribution in [0.25, 0.3) is 11.0 Å². The Bertz CT molecular complexity index is 690. The molecule has 1 fully saturated rings. The number of carboxylic acids is 1. The number of fused-ring (bicyclic) bond motifs is 1. The molecule has 2 atom stereocenters. The van der Waals surface area contributed by atoms with Crippen molar-refractivity contribution in [1.82, 2.24) is 9.55 Å². The summed E-state index contributed by atoms with van der Waals surface area (Å²) in [4.78, 5) is 15.9. The SMILES string of the molecule is Cn1c(C2C(C(=O)O)C2(C)C)nc2ccc(Cl)cc21. The van der Waals surface area contributed by atoms with E-state index >= 15 is 0 Å². The van der Waals surface area contributed by atoms with Crippen LogP contribution in [0.15, 0.2) is 18.2 Å². The lowest BCUT2D eigenvalue weighted by molar-refractivity contribution is -0.139. The van der Waals surface area contributed by atoms with Gasteiger partial charge in [-0.05, 0) is 23.6 Å². The topological polar surface area (TPSA) is 55.1 Å². The second-order valence-corrected chi connectivity index (χ2v) is 6.21. The molecule has 1 aromatic carbocycles. The zero-order valence-electron chi connectivity index (χ0n) is 11.0. The summed E-state index contributed by atoms with van der Waals surface area (Å²) in [5.41, 5.74) is 1.55. The van der Waals surface area contributed by atoms with E-state index in [9.17, 15) is 9.90 Å². The molecule has 0 aliphatic heterocycles. The molecule has 1 aromatic heterocycles. The molecule has 0 spiro atoms. The lowest BCUT2D eigenvalue weighted by atomic mass is 10.1. The number of hydrogen-bond donors (Lipinski definition) is 1. The first-order valence-electron chi connectivity index (χ1n) is 6.18. The summed E-state index contributed by atoms with van der Waals surface area (Å²) in [7, 11) is 1.91. The van der Waals surface area contributed by atoms with Gasteiger partial charge in [-0.1, -0.05) is 25.4 Å². The molecule has 1 aliphatic carbocycles. The van der Waals surface area contributed by atoms with Gasteiger partial charge in [0.25, 0.3) is 0 Å². The molecular formula is C14H15ClN2O2. The molecule has 19 heavy (non-hydrogen) atoms. The molecule has 5 heteroatoms. The van der Waals surface area contributed by atoms with Crippen LogP contribution in [0.3, 0.4) is 0 Å². The minimum Gasteiger partial charge on any atom is -0.481 e. The third-order valence-corrected chi connectivity index (χ3v) is 4.48. The first-order valence-corrected chi connectivity index (χ1v) is 6.56. The van der Waals surface area contributed by atoms with Crippen LogP contribution in [0.5, 0.6) is 0 Å². The monoisotopic (exact) mass is 278 g/mol. The van der Waals surface area contributed by atoms with E-state index in [1.807, 2.05) is 37.6 Å². The van der Waals surface area contributed by atoms with Crippen molar-refractivity contribution in [3.63, 3.8) is 0 Å². The molecule has 1 heterocycles. The Kier molecular flexibility index (Phi) is 2.45. The van der Waals surface area contributed by atoms with Crippen LogP contribution in [0.2, 0.25) is 5.02 Å². The number of carboxylic acid groups (broad SMARTS) is 1. The highest BCUT2D eigenvalue weighted by molar-refractivity contribution is 6.31. The molecule has 2 aromatic rings. The number of rotatable bonds is 2. The van der Waals surface area contributed by atoms with E-state index in [1.54, 1.807) is 6.07 Å². The molecule has 1 aliphatic rings. The number of aromatic nitrogens is 2. The van der Waals surface area contributed by atoms with Crippen LogP contribution in [-0.2, 0) is 11.8 Å². The van der Waals surface area contributed by atoms with Crippen molar-refractivity contribution >= 4 is 28.6 Å². The van der Waals surface area contributed by atoms with Gasteiger partial charge in [0.2, 0.25) is 0 Å². The molecule has 0 bridgehead atoms. The largest absolute Gasteiger partial charge is 0.481 e. The average molecular weight is 279 g/mol. The normalized spacial score (nSPS) is 24.6. The molecule has 1 N–H and O–H groups in total. The minimum atomic E-state index is -0.750. The van der Waals surface area contributed by atoms with Crippen molar-refractivity contribution in [3.05, 3.63) is 29.0 Å². The van der Waals surface area contributed by atoms with E-state index in [0.717, 1.165) is 16.9 Å². The van der Waals surface area contributed by atoms with E-state index in [1.165, 1.54) is 0 Å². The molecule has 1 saturated carbocycles. The third kappa shape index (κ3) is 1.66. The van der Waals surface area contributed by atoms with E-state index in [2.05, 4.69) is 4.98 Å². The summed E-state index contributed by atoms with van der Waals surface area (Å²) in [6.07, 6.45) is 0. The second-order valence-electron chi connectivity index (χ2n) is 5.78. The first kappa shape index (κ1) is 12.5. The van der Waals surface area contributed by atoms with Gasteiger partial charge in [0.15, 0.2) is 0 Å². The number of benzene rings is 1. The fraction of sp³-hybridized carbons (Fsp3) is 0.429. The predicted molar refractivity (Wildman–Crippen MR) is 73.4 cm³/mol. The van der Waals surface area contributed by atoms with Crippen LogP contribution >= 0.6 is 11.6 Å². The van der Waals surface area contributed by atoms with Gasteiger partial charge in [-0.2, -0.15) is 0 Å².